The Morgan fingerprint density at radius 1 is 1.30 bits per heavy atom. The van der Waals surface area contributed by atoms with Crippen molar-refractivity contribution in [2.45, 2.75) is 59.5 Å². The van der Waals surface area contributed by atoms with Gasteiger partial charge in [-0.2, -0.15) is 5.10 Å². The van der Waals surface area contributed by atoms with Crippen molar-refractivity contribution in [3.05, 3.63) is 17.5 Å². The number of rotatable bonds is 8. The maximum absolute atomic E-state index is 6.13. The highest BCUT2D eigenvalue weighted by molar-refractivity contribution is 5.21. The molecule has 1 rings (SSSR count). The molecule has 0 radical (unpaired) electrons. The fraction of sp³-hybridized carbons (Fsp3) is 0.812. The number of nitrogens with two attached hydrogens (primary N) is 1. The lowest BCUT2D eigenvalue weighted by Crippen LogP contribution is -2.43. The Hall–Kier alpha value is -0.870. The first kappa shape index (κ1) is 17.2. The number of hydrogen-bond donors (Lipinski definition) is 1. The molecule has 0 saturated carbocycles. The van der Waals surface area contributed by atoms with Gasteiger partial charge in [-0.15, -0.1) is 0 Å². The molecular weight excluding hydrogens is 248 g/mol. The first-order valence-corrected chi connectivity index (χ1v) is 7.90. The number of nitrogens with zero attached hydrogens (tertiary/aromatic N) is 3. The molecule has 1 unspecified atom stereocenters. The molecule has 4 heteroatoms. The van der Waals surface area contributed by atoms with Crippen molar-refractivity contribution in [1.29, 1.82) is 0 Å². The quantitative estimate of drug-likeness (QED) is 0.796. The van der Waals surface area contributed by atoms with E-state index in [9.17, 15) is 0 Å². The third-order valence-corrected chi connectivity index (χ3v) is 4.24. The highest BCUT2D eigenvalue weighted by Gasteiger charge is 2.27. The lowest BCUT2D eigenvalue weighted by Gasteiger charge is -2.38. The summed E-state index contributed by atoms with van der Waals surface area (Å²) < 4.78 is 1.94. The first-order chi connectivity index (χ1) is 9.46. The summed E-state index contributed by atoms with van der Waals surface area (Å²) >= 11 is 0. The Balaban J connectivity index is 3.10. The van der Waals surface area contributed by atoms with E-state index in [1.165, 1.54) is 24.1 Å². The second-order valence-electron chi connectivity index (χ2n) is 6.12. The van der Waals surface area contributed by atoms with Crippen LogP contribution in [0.3, 0.4) is 0 Å². The Morgan fingerprint density at radius 3 is 2.25 bits per heavy atom. The molecule has 0 amide bonds. The van der Waals surface area contributed by atoms with E-state index in [4.69, 9.17) is 5.73 Å². The zero-order valence-corrected chi connectivity index (χ0v) is 14.1. The molecule has 116 valence electrons. The molecule has 1 atom stereocenters. The summed E-state index contributed by atoms with van der Waals surface area (Å²) in [5.74, 6) is 0.640. The summed E-state index contributed by atoms with van der Waals surface area (Å²) in [6.07, 6.45) is 4.32. The SMILES string of the molecule is CCC(CC)N(CC(C)C)C(CN)c1cnn(C)c1C. The van der Waals surface area contributed by atoms with Crippen molar-refractivity contribution in [3.63, 3.8) is 0 Å². The van der Waals surface area contributed by atoms with E-state index in [-0.39, 0.29) is 6.04 Å². The van der Waals surface area contributed by atoms with Gasteiger partial charge < -0.3 is 5.73 Å². The average molecular weight is 280 g/mol. The molecule has 4 nitrogen and oxygen atoms in total. The van der Waals surface area contributed by atoms with Crippen molar-refractivity contribution in [3.8, 4) is 0 Å². The van der Waals surface area contributed by atoms with Crippen LogP contribution in [0.15, 0.2) is 6.20 Å². The Labute approximate surface area is 124 Å². The van der Waals surface area contributed by atoms with Gasteiger partial charge in [0.15, 0.2) is 0 Å². The van der Waals surface area contributed by atoms with Crippen molar-refractivity contribution < 1.29 is 0 Å². The molecular formula is C16H32N4. The normalized spacial score (nSPS) is 13.7. The van der Waals surface area contributed by atoms with Gasteiger partial charge in [-0.1, -0.05) is 27.7 Å². The highest BCUT2D eigenvalue weighted by atomic mass is 15.3. The van der Waals surface area contributed by atoms with Crippen molar-refractivity contribution in [1.82, 2.24) is 14.7 Å². The molecule has 0 aliphatic heterocycles. The standard InChI is InChI=1S/C16H32N4/c1-7-14(8-2)20(11-12(3)4)16(9-17)15-10-18-19(6)13(15)5/h10,12,14,16H,7-9,11,17H2,1-6H3. The highest BCUT2D eigenvalue weighted by Crippen LogP contribution is 2.27. The second kappa shape index (κ2) is 7.79. The summed E-state index contributed by atoms with van der Waals surface area (Å²) in [6.45, 7) is 13.0. The van der Waals surface area contributed by atoms with Crippen LogP contribution in [0.1, 0.15) is 57.8 Å². The van der Waals surface area contributed by atoms with E-state index in [0.29, 0.717) is 18.5 Å². The van der Waals surface area contributed by atoms with Crippen LogP contribution < -0.4 is 5.73 Å². The van der Waals surface area contributed by atoms with Crippen LogP contribution in [-0.2, 0) is 7.05 Å². The second-order valence-corrected chi connectivity index (χ2v) is 6.12. The van der Waals surface area contributed by atoms with Crippen molar-refractivity contribution in [2.24, 2.45) is 18.7 Å². The molecule has 0 aromatic carbocycles. The van der Waals surface area contributed by atoms with Crippen LogP contribution in [0.2, 0.25) is 0 Å². The van der Waals surface area contributed by atoms with Crippen molar-refractivity contribution in [2.75, 3.05) is 13.1 Å². The van der Waals surface area contributed by atoms with E-state index in [1.807, 2.05) is 17.9 Å². The van der Waals surface area contributed by atoms with Crippen LogP contribution in [-0.4, -0.2) is 33.8 Å². The molecule has 0 aliphatic carbocycles. The van der Waals surface area contributed by atoms with Crippen LogP contribution in [0.4, 0.5) is 0 Å². The molecule has 0 spiro atoms. The van der Waals surface area contributed by atoms with Crippen LogP contribution in [0, 0.1) is 12.8 Å². The molecule has 1 aromatic heterocycles. The van der Waals surface area contributed by atoms with Gasteiger partial charge in [0, 0.05) is 37.4 Å². The van der Waals surface area contributed by atoms with Crippen molar-refractivity contribution >= 4 is 0 Å². The minimum atomic E-state index is 0.274. The zero-order chi connectivity index (χ0) is 15.3. The van der Waals surface area contributed by atoms with Crippen LogP contribution >= 0.6 is 0 Å². The van der Waals surface area contributed by atoms with E-state index in [1.54, 1.807) is 0 Å². The third kappa shape index (κ3) is 3.83. The van der Waals surface area contributed by atoms with Gasteiger partial charge in [0.1, 0.15) is 0 Å². The first-order valence-electron chi connectivity index (χ1n) is 7.90. The third-order valence-electron chi connectivity index (χ3n) is 4.24. The predicted molar refractivity (Wildman–Crippen MR) is 85.7 cm³/mol. The Morgan fingerprint density at radius 2 is 1.90 bits per heavy atom. The van der Waals surface area contributed by atoms with E-state index in [0.717, 1.165) is 6.54 Å². The number of aryl methyl sites for hydroxylation is 1. The zero-order valence-electron chi connectivity index (χ0n) is 14.1. The Kier molecular flexibility index (Phi) is 6.69. The number of hydrogen-bond acceptors (Lipinski definition) is 3. The predicted octanol–water partition coefficient (Wildman–Crippen LogP) is 2.87. The minimum Gasteiger partial charge on any atom is -0.329 e. The van der Waals surface area contributed by atoms with E-state index >= 15 is 0 Å². The summed E-state index contributed by atoms with van der Waals surface area (Å²) in [5.41, 5.74) is 8.63. The lowest BCUT2D eigenvalue weighted by atomic mass is 9.99. The van der Waals surface area contributed by atoms with E-state index < -0.39 is 0 Å². The van der Waals surface area contributed by atoms with Gasteiger partial charge in [-0.3, -0.25) is 9.58 Å². The minimum absolute atomic E-state index is 0.274. The van der Waals surface area contributed by atoms with Gasteiger partial charge in [0.2, 0.25) is 0 Å². The largest absolute Gasteiger partial charge is 0.329 e. The van der Waals surface area contributed by atoms with Crippen LogP contribution in [0.25, 0.3) is 0 Å². The van der Waals surface area contributed by atoms with Gasteiger partial charge in [0.25, 0.3) is 0 Å². The summed E-state index contributed by atoms with van der Waals surface area (Å²) in [5, 5.41) is 4.39. The maximum Gasteiger partial charge on any atom is 0.0540 e. The van der Waals surface area contributed by atoms with Gasteiger partial charge in [0.05, 0.1) is 12.2 Å². The Bertz CT molecular complexity index is 393. The average Bonchev–Trinajstić information content (AvgIpc) is 2.72. The summed E-state index contributed by atoms with van der Waals surface area (Å²) in [7, 11) is 2.00. The molecule has 1 aromatic rings. The molecule has 2 N–H and O–H groups in total. The molecule has 20 heavy (non-hydrogen) atoms. The molecule has 0 bridgehead atoms. The van der Waals surface area contributed by atoms with Gasteiger partial charge in [-0.25, -0.2) is 0 Å². The van der Waals surface area contributed by atoms with Gasteiger partial charge in [-0.05, 0) is 25.7 Å². The molecule has 1 heterocycles. The summed E-state index contributed by atoms with van der Waals surface area (Å²) in [6, 6.07) is 0.863. The monoisotopic (exact) mass is 280 g/mol. The topological polar surface area (TPSA) is 47.1 Å². The summed E-state index contributed by atoms with van der Waals surface area (Å²) in [4.78, 5) is 2.59. The number of aromatic nitrogens is 2. The maximum atomic E-state index is 6.13. The smallest absolute Gasteiger partial charge is 0.0540 e. The fourth-order valence-corrected chi connectivity index (χ4v) is 2.99. The fourth-order valence-electron chi connectivity index (χ4n) is 2.99. The molecule has 0 fully saturated rings. The lowest BCUT2D eigenvalue weighted by molar-refractivity contribution is 0.112. The van der Waals surface area contributed by atoms with E-state index in [2.05, 4.69) is 44.6 Å². The molecule has 0 aliphatic rings. The van der Waals surface area contributed by atoms with Gasteiger partial charge >= 0.3 is 0 Å². The van der Waals surface area contributed by atoms with Crippen LogP contribution in [0.5, 0.6) is 0 Å². The molecule has 0 saturated heterocycles.